The first-order chi connectivity index (χ1) is 6.02. The number of halogens is 2. The molecule has 1 aromatic rings. The normalized spacial score (nSPS) is 12.6. The first-order valence-electron chi connectivity index (χ1n) is 3.66. The van der Waals surface area contributed by atoms with Gasteiger partial charge in [0, 0.05) is 11.6 Å². The fourth-order valence-electron chi connectivity index (χ4n) is 0.942. The summed E-state index contributed by atoms with van der Waals surface area (Å²) in [6, 6.07) is 2.67. The van der Waals surface area contributed by atoms with Crippen LogP contribution < -0.4 is 0 Å². The topological polar surface area (TPSA) is 37.3 Å². The number of benzene rings is 1. The van der Waals surface area contributed by atoms with Crippen molar-refractivity contribution >= 4 is 5.78 Å². The van der Waals surface area contributed by atoms with Crippen LogP contribution in [0.15, 0.2) is 18.2 Å². The molecule has 0 aliphatic carbocycles. The van der Waals surface area contributed by atoms with E-state index in [4.69, 9.17) is 5.11 Å². The van der Waals surface area contributed by atoms with E-state index in [2.05, 4.69) is 0 Å². The molecule has 1 rings (SSSR count). The van der Waals surface area contributed by atoms with E-state index >= 15 is 0 Å². The molecule has 0 aromatic heterocycles. The van der Waals surface area contributed by atoms with E-state index in [1.54, 1.807) is 0 Å². The molecule has 70 valence electrons. The van der Waals surface area contributed by atoms with Gasteiger partial charge in [0.1, 0.15) is 17.7 Å². The lowest BCUT2D eigenvalue weighted by Gasteiger charge is -2.07. The standard InChI is InChI=1S/C9H8F2O2/c1-5(12)9(13)7-3-2-6(10)4-8(7)11/h2-4,9,13H,1H3. The van der Waals surface area contributed by atoms with Gasteiger partial charge in [0.25, 0.3) is 0 Å². The number of hydrogen-bond acceptors (Lipinski definition) is 2. The number of carbonyl (C=O) groups is 1. The largest absolute Gasteiger partial charge is 0.380 e. The summed E-state index contributed by atoms with van der Waals surface area (Å²) in [6.07, 6.45) is -1.51. The molecule has 1 N–H and O–H groups in total. The molecule has 0 saturated carbocycles. The van der Waals surface area contributed by atoms with Crippen molar-refractivity contribution in [1.82, 2.24) is 0 Å². The van der Waals surface area contributed by atoms with Gasteiger partial charge in [-0.1, -0.05) is 6.07 Å². The maximum atomic E-state index is 12.9. The molecule has 0 bridgehead atoms. The molecule has 0 saturated heterocycles. The average Bonchev–Trinajstić information content (AvgIpc) is 2.03. The number of Topliss-reactive ketones (excluding diaryl/α,β-unsaturated/α-hetero) is 1. The molecule has 0 aliphatic rings. The smallest absolute Gasteiger partial charge is 0.162 e. The Bertz CT molecular complexity index is 336. The minimum atomic E-state index is -1.51. The molecule has 4 heteroatoms. The van der Waals surface area contributed by atoms with E-state index in [0.717, 1.165) is 19.1 Å². The molecule has 1 aromatic carbocycles. The van der Waals surface area contributed by atoms with E-state index < -0.39 is 23.5 Å². The Morgan fingerprint density at radius 3 is 2.54 bits per heavy atom. The highest BCUT2D eigenvalue weighted by molar-refractivity contribution is 5.81. The van der Waals surface area contributed by atoms with Gasteiger partial charge in [0.05, 0.1) is 0 Å². The molecule has 13 heavy (non-hydrogen) atoms. The lowest BCUT2D eigenvalue weighted by molar-refractivity contribution is -0.125. The van der Waals surface area contributed by atoms with Crippen molar-refractivity contribution in [3.8, 4) is 0 Å². The van der Waals surface area contributed by atoms with E-state index in [-0.39, 0.29) is 5.56 Å². The Balaban J connectivity index is 3.08. The third-order valence-electron chi connectivity index (χ3n) is 1.64. The zero-order valence-electron chi connectivity index (χ0n) is 6.92. The van der Waals surface area contributed by atoms with Gasteiger partial charge < -0.3 is 5.11 Å². The Kier molecular flexibility index (Phi) is 2.72. The van der Waals surface area contributed by atoms with Gasteiger partial charge in [-0.05, 0) is 13.0 Å². The molecule has 0 radical (unpaired) electrons. The zero-order valence-corrected chi connectivity index (χ0v) is 6.92. The maximum Gasteiger partial charge on any atom is 0.162 e. The number of rotatable bonds is 2. The van der Waals surface area contributed by atoms with Crippen LogP contribution in [0.3, 0.4) is 0 Å². The molecule has 0 aliphatic heterocycles. The Hall–Kier alpha value is -1.29. The van der Waals surface area contributed by atoms with Gasteiger partial charge in [-0.15, -0.1) is 0 Å². The second-order valence-electron chi connectivity index (χ2n) is 2.68. The number of hydrogen-bond donors (Lipinski definition) is 1. The monoisotopic (exact) mass is 186 g/mol. The van der Waals surface area contributed by atoms with Crippen molar-refractivity contribution in [1.29, 1.82) is 0 Å². The molecule has 2 nitrogen and oxygen atoms in total. The summed E-state index contributed by atoms with van der Waals surface area (Å²) in [6.45, 7) is 1.13. The van der Waals surface area contributed by atoms with Crippen LogP contribution in [0.2, 0.25) is 0 Å². The highest BCUT2D eigenvalue weighted by atomic mass is 19.1. The van der Waals surface area contributed by atoms with Crippen LogP contribution in [-0.4, -0.2) is 10.9 Å². The quantitative estimate of drug-likeness (QED) is 0.761. The van der Waals surface area contributed by atoms with Gasteiger partial charge in [-0.25, -0.2) is 8.78 Å². The van der Waals surface area contributed by atoms with Crippen LogP contribution in [0.1, 0.15) is 18.6 Å². The Morgan fingerprint density at radius 1 is 1.46 bits per heavy atom. The maximum absolute atomic E-state index is 12.9. The van der Waals surface area contributed by atoms with E-state index in [9.17, 15) is 13.6 Å². The fraction of sp³-hybridized carbons (Fsp3) is 0.222. The van der Waals surface area contributed by atoms with Crippen LogP contribution in [0.25, 0.3) is 0 Å². The fourth-order valence-corrected chi connectivity index (χ4v) is 0.942. The Labute approximate surface area is 73.8 Å². The van der Waals surface area contributed by atoms with Gasteiger partial charge in [0.15, 0.2) is 5.78 Å². The molecule has 0 spiro atoms. The summed E-state index contributed by atoms with van der Waals surface area (Å²) in [5.74, 6) is -2.23. The third kappa shape index (κ3) is 2.09. The molecular formula is C9H8F2O2. The first kappa shape index (κ1) is 9.80. The van der Waals surface area contributed by atoms with Gasteiger partial charge in [-0.3, -0.25) is 4.79 Å². The highest BCUT2D eigenvalue weighted by Crippen LogP contribution is 2.18. The SMILES string of the molecule is CC(=O)C(O)c1ccc(F)cc1F. The lowest BCUT2D eigenvalue weighted by Crippen LogP contribution is -2.09. The average molecular weight is 186 g/mol. The minimum absolute atomic E-state index is 0.200. The molecule has 1 unspecified atom stereocenters. The second kappa shape index (κ2) is 3.62. The number of aliphatic hydroxyl groups excluding tert-OH is 1. The van der Waals surface area contributed by atoms with Crippen molar-refractivity contribution in [2.45, 2.75) is 13.0 Å². The highest BCUT2D eigenvalue weighted by Gasteiger charge is 2.17. The summed E-state index contributed by atoms with van der Waals surface area (Å²) < 4.78 is 25.3. The number of aliphatic hydroxyl groups is 1. The summed E-state index contributed by atoms with van der Waals surface area (Å²) in [5, 5.41) is 9.16. The van der Waals surface area contributed by atoms with E-state index in [1.165, 1.54) is 0 Å². The molecular weight excluding hydrogens is 178 g/mol. The van der Waals surface area contributed by atoms with Crippen LogP contribution in [0.4, 0.5) is 8.78 Å². The van der Waals surface area contributed by atoms with Crippen molar-refractivity contribution in [3.63, 3.8) is 0 Å². The van der Waals surface area contributed by atoms with E-state index in [1.807, 2.05) is 0 Å². The third-order valence-corrected chi connectivity index (χ3v) is 1.64. The lowest BCUT2D eigenvalue weighted by atomic mass is 10.1. The second-order valence-corrected chi connectivity index (χ2v) is 2.68. The predicted octanol–water partition coefficient (Wildman–Crippen LogP) is 1.59. The summed E-state index contributed by atoms with van der Waals surface area (Å²) in [7, 11) is 0. The summed E-state index contributed by atoms with van der Waals surface area (Å²) in [4.78, 5) is 10.7. The van der Waals surface area contributed by atoms with Gasteiger partial charge in [0.2, 0.25) is 0 Å². The van der Waals surface area contributed by atoms with Gasteiger partial charge >= 0.3 is 0 Å². The molecule has 0 amide bonds. The van der Waals surface area contributed by atoms with Crippen LogP contribution in [0.5, 0.6) is 0 Å². The van der Waals surface area contributed by atoms with Crippen LogP contribution >= 0.6 is 0 Å². The summed E-state index contributed by atoms with van der Waals surface area (Å²) >= 11 is 0. The molecule has 0 fully saturated rings. The van der Waals surface area contributed by atoms with E-state index in [0.29, 0.717) is 6.07 Å². The van der Waals surface area contributed by atoms with Crippen LogP contribution in [0, 0.1) is 11.6 Å². The number of ketones is 1. The van der Waals surface area contributed by atoms with Gasteiger partial charge in [-0.2, -0.15) is 0 Å². The molecule has 1 atom stereocenters. The summed E-state index contributed by atoms with van der Waals surface area (Å²) in [5.41, 5.74) is -0.200. The molecule has 0 heterocycles. The number of carbonyl (C=O) groups excluding carboxylic acids is 1. The van der Waals surface area contributed by atoms with Crippen LogP contribution in [-0.2, 0) is 4.79 Å². The Morgan fingerprint density at radius 2 is 2.08 bits per heavy atom. The van der Waals surface area contributed by atoms with Crippen molar-refractivity contribution in [2.75, 3.05) is 0 Å². The van der Waals surface area contributed by atoms with Crippen molar-refractivity contribution in [2.24, 2.45) is 0 Å². The zero-order chi connectivity index (χ0) is 10.0. The first-order valence-corrected chi connectivity index (χ1v) is 3.66. The van der Waals surface area contributed by atoms with Crippen molar-refractivity contribution < 1.29 is 18.7 Å². The van der Waals surface area contributed by atoms with Crippen molar-refractivity contribution in [3.05, 3.63) is 35.4 Å². The predicted molar refractivity (Wildman–Crippen MR) is 42.0 cm³/mol. The minimum Gasteiger partial charge on any atom is -0.380 e.